The van der Waals surface area contributed by atoms with Crippen LogP contribution in [-0.4, -0.2) is 50.6 Å². The molecular formula is C22H29ClO5. The SMILES string of the molecule is C[C@@H]1C[C@H]2[C@H]3[C@H]([C@@H](O)C[C@]2(C)[C@@]1(O)C(=O)CO)[C@@]1(C)C=CC(=O)CC1=C[C@H]3Cl. The molecule has 0 aromatic carbocycles. The largest absolute Gasteiger partial charge is 0.393 e. The molecule has 0 heterocycles. The number of allylic oxidation sites excluding steroid dienone is 4. The van der Waals surface area contributed by atoms with Crippen molar-refractivity contribution in [3.05, 3.63) is 23.8 Å². The third kappa shape index (κ3) is 2.31. The van der Waals surface area contributed by atoms with Crippen LogP contribution in [0.15, 0.2) is 23.8 Å². The maximum absolute atomic E-state index is 12.6. The van der Waals surface area contributed by atoms with E-state index in [1.54, 1.807) is 6.08 Å². The number of hydrogen-bond acceptors (Lipinski definition) is 5. The monoisotopic (exact) mass is 408 g/mol. The first-order chi connectivity index (χ1) is 13.0. The van der Waals surface area contributed by atoms with E-state index in [2.05, 4.69) is 6.92 Å². The number of fused-ring (bicyclic) bond motifs is 5. The number of carbonyl (C=O) groups excluding carboxylic acids is 2. The summed E-state index contributed by atoms with van der Waals surface area (Å²) in [5.41, 5.74) is -2.05. The predicted molar refractivity (Wildman–Crippen MR) is 105 cm³/mol. The molecule has 0 amide bonds. The zero-order valence-electron chi connectivity index (χ0n) is 16.6. The second-order valence-electron chi connectivity index (χ2n) is 9.78. The van der Waals surface area contributed by atoms with Crippen LogP contribution in [0, 0.1) is 34.5 Å². The summed E-state index contributed by atoms with van der Waals surface area (Å²) < 4.78 is 0. The zero-order valence-corrected chi connectivity index (χ0v) is 17.3. The molecule has 0 saturated heterocycles. The van der Waals surface area contributed by atoms with Crippen molar-refractivity contribution in [2.24, 2.45) is 34.5 Å². The summed E-state index contributed by atoms with van der Waals surface area (Å²) in [6.07, 6.45) is 5.88. The Morgan fingerprint density at radius 1 is 1.36 bits per heavy atom. The Kier molecular flexibility index (Phi) is 4.52. The van der Waals surface area contributed by atoms with E-state index in [9.17, 15) is 24.9 Å². The van der Waals surface area contributed by atoms with E-state index >= 15 is 0 Å². The van der Waals surface area contributed by atoms with Crippen molar-refractivity contribution < 1.29 is 24.9 Å². The van der Waals surface area contributed by atoms with Gasteiger partial charge in [0.1, 0.15) is 12.2 Å². The summed E-state index contributed by atoms with van der Waals surface area (Å²) in [6, 6.07) is 0. The number of aliphatic hydroxyl groups excluding tert-OH is 2. The van der Waals surface area contributed by atoms with Crippen molar-refractivity contribution in [2.45, 2.75) is 57.1 Å². The number of carbonyl (C=O) groups is 2. The van der Waals surface area contributed by atoms with Gasteiger partial charge in [0.05, 0.1) is 11.5 Å². The van der Waals surface area contributed by atoms with Gasteiger partial charge in [0.25, 0.3) is 0 Å². The first-order valence-electron chi connectivity index (χ1n) is 10.1. The predicted octanol–water partition coefficient (Wildman–Crippen LogP) is 2.02. The number of halogens is 1. The molecule has 9 atom stereocenters. The molecule has 0 spiro atoms. The molecular weight excluding hydrogens is 380 g/mol. The Morgan fingerprint density at radius 3 is 2.68 bits per heavy atom. The molecule has 0 radical (unpaired) electrons. The molecule has 3 N–H and O–H groups in total. The highest BCUT2D eigenvalue weighted by atomic mass is 35.5. The van der Waals surface area contributed by atoms with Crippen LogP contribution in [0.1, 0.15) is 40.0 Å². The minimum Gasteiger partial charge on any atom is -0.393 e. The average Bonchev–Trinajstić information content (AvgIpc) is 2.83. The maximum atomic E-state index is 12.6. The Labute approximate surface area is 170 Å². The smallest absolute Gasteiger partial charge is 0.190 e. The molecule has 4 aliphatic rings. The van der Waals surface area contributed by atoms with Crippen LogP contribution in [0.25, 0.3) is 0 Å². The van der Waals surface area contributed by atoms with E-state index in [4.69, 9.17) is 11.6 Å². The van der Waals surface area contributed by atoms with Gasteiger partial charge >= 0.3 is 0 Å². The molecule has 4 rings (SSSR count). The Bertz CT molecular complexity index is 790. The van der Waals surface area contributed by atoms with Gasteiger partial charge < -0.3 is 15.3 Å². The van der Waals surface area contributed by atoms with Crippen LogP contribution in [0.5, 0.6) is 0 Å². The standard InChI is InChI=1S/C22H29ClO5/c1-11-6-14-18-15(23)8-12-7-13(25)4-5-20(12,2)19(18)16(26)9-21(14,3)22(11,28)17(27)10-24/h4-5,8,11,14-16,18-19,24,26,28H,6-7,9-10H2,1-3H3/t11-,14+,15-,16+,18-,19+,20+,21+,22+/m1/s1. The molecule has 2 saturated carbocycles. The van der Waals surface area contributed by atoms with Crippen LogP contribution in [0.4, 0.5) is 0 Å². The number of rotatable bonds is 2. The summed E-state index contributed by atoms with van der Waals surface area (Å²) in [4.78, 5) is 24.6. The van der Waals surface area contributed by atoms with Gasteiger partial charge in [-0.3, -0.25) is 9.59 Å². The van der Waals surface area contributed by atoms with Crippen molar-refractivity contribution in [3.8, 4) is 0 Å². The van der Waals surface area contributed by atoms with Crippen LogP contribution >= 0.6 is 11.6 Å². The fraction of sp³-hybridized carbons (Fsp3) is 0.727. The molecule has 0 aliphatic heterocycles. The lowest BCUT2D eigenvalue weighted by molar-refractivity contribution is -0.181. The summed E-state index contributed by atoms with van der Waals surface area (Å²) in [5, 5.41) is 31.9. The minimum atomic E-state index is -1.68. The fourth-order valence-electron chi connectivity index (χ4n) is 7.22. The highest BCUT2D eigenvalue weighted by Crippen LogP contribution is 2.68. The molecule has 0 aromatic heterocycles. The molecule has 5 nitrogen and oxygen atoms in total. The van der Waals surface area contributed by atoms with E-state index in [1.807, 2.05) is 26.0 Å². The van der Waals surface area contributed by atoms with E-state index in [1.165, 1.54) is 0 Å². The quantitative estimate of drug-likeness (QED) is 0.480. The average molecular weight is 409 g/mol. The number of Topliss-reactive ketones (excluding diaryl/α,β-unsaturated/α-hetero) is 1. The van der Waals surface area contributed by atoms with Crippen LogP contribution in [-0.2, 0) is 9.59 Å². The molecule has 0 aromatic rings. The van der Waals surface area contributed by atoms with E-state index in [-0.39, 0.29) is 41.3 Å². The minimum absolute atomic E-state index is 0.0404. The van der Waals surface area contributed by atoms with E-state index in [0.29, 0.717) is 12.8 Å². The van der Waals surface area contributed by atoms with Gasteiger partial charge in [0, 0.05) is 23.2 Å². The van der Waals surface area contributed by atoms with E-state index in [0.717, 1.165) is 5.57 Å². The lowest BCUT2D eigenvalue weighted by Gasteiger charge is -2.60. The molecule has 6 heteroatoms. The highest BCUT2D eigenvalue weighted by Gasteiger charge is 2.71. The third-order valence-electron chi connectivity index (χ3n) is 8.60. The Morgan fingerprint density at radius 2 is 2.04 bits per heavy atom. The number of alkyl halides is 1. The van der Waals surface area contributed by atoms with Crippen molar-refractivity contribution in [1.82, 2.24) is 0 Å². The van der Waals surface area contributed by atoms with Crippen molar-refractivity contribution in [3.63, 3.8) is 0 Å². The topological polar surface area (TPSA) is 94.8 Å². The van der Waals surface area contributed by atoms with Gasteiger partial charge in [-0.05, 0) is 36.7 Å². The summed E-state index contributed by atoms with van der Waals surface area (Å²) in [6.45, 7) is 5.04. The number of aliphatic hydroxyl groups is 3. The van der Waals surface area contributed by atoms with Gasteiger partial charge in [0.15, 0.2) is 11.6 Å². The number of ketones is 2. The van der Waals surface area contributed by atoms with Crippen LogP contribution < -0.4 is 0 Å². The maximum Gasteiger partial charge on any atom is 0.190 e. The molecule has 4 aliphatic carbocycles. The fourth-order valence-corrected chi connectivity index (χ4v) is 7.71. The molecule has 0 unspecified atom stereocenters. The second kappa shape index (κ2) is 6.24. The zero-order chi connectivity index (χ0) is 20.6. The van der Waals surface area contributed by atoms with Gasteiger partial charge in [-0.2, -0.15) is 0 Å². The van der Waals surface area contributed by atoms with Crippen molar-refractivity contribution >= 4 is 23.2 Å². The summed E-state index contributed by atoms with van der Waals surface area (Å²) in [7, 11) is 0. The Hall–Kier alpha value is -1.01. The van der Waals surface area contributed by atoms with Gasteiger partial charge in [0.2, 0.25) is 0 Å². The first-order valence-corrected chi connectivity index (χ1v) is 10.6. The van der Waals surface area contributed by atoms with Gasteiger partial charge in [-0.25, -0.2) is 0 Å². The van der Waals surface area contributed by atoms with Gasteiger partial charge in [-0.15, -0.1) is 11.6 Å². The summed E-state index contributed by atoms with van der Waals surface area (Å²) >= 11 is 6.83. The molecule has 28 heavy (non-hydrogen) atoms. The highest BCUT2D eigenvalue weighted by molar-refractivity contribution is 6.22. The van der Waals surface area contributed by atoms with Crippen LogP contribution in [0.2, 0.25) is 0 Å². The summed E-state index contributed by atoms with van der Waals surface area (Å²) in [5.74, 6) is -1.26. The lowest BCUT2D eigenvalue weighted by atomic mass is 9.46. The van der Waals surface area contributed by atoms with E-state index < -0.39 is 34.9 Å². The lowest BCUT2D eigenvalue weighted by Crippen LogP contribution is -2.63. The van der Waals surface area contributed by atoms with Crippen molar-refractivity contribution in [1.29, 1.82) is 0 Å². The first kappa shape index (κ1) is 20.3. The second-order valence-corrected chi connectivity index (χ2v) is 10.3. The Balaban J connectivity index is 1.84. The molecule has 0 bridgehead atoms. The van der Waals surface area contributed by atoms with Crippen molar-refractivity contribution in [2.75, 3.05) is 6.61 Å². The molecule has 154 valence electrons. The van der Waals surface area contributed by atoms with Crippen LogP contribution in [0.3, 0.4) is 0 Å². The molecule has 2 fully saturated rings. The third-order valence-corrected chi connectivity index (χ3v) is 9.01. The van der Waals surface area contributed by atoms with Gasteiger partial charge in [-0.1, -0.05) is 38.5 Å². The number of hydrogen-bond donors (Lipinski definition) is 3. The normalized spacial score (nSPS) is 52.5.